The van der Waals surface area contributed by atoms with Crippen molar-refractivity contribution in [2.75, 3.05) is 17.7 Å². The average Bonchev–Trinajstić information content (AvgIpc) is 2.71. The van der Waals surface area contributed by atoms with Crippen LogP contribution < -0.4 is 15.4 Å². The van der Waals surface area contributed by atoms with E-state index in [4.69, 9.17) is 4.74 Å². The van der Waals surface area contributed by atoms with Crippen molar-refractivity contribution < 1.29 is 14.3 Å². The topological polar surface area (TPSA) is 80.3 Å². The molecule has 2 N–H and O–H groups in total. The summed E-state index contributed by atoms with van der Waals surface area (Å²) in [5, 5.41) is 5.63. The maximum absolute atomic E-state index is 12.6. The summed E-state index contributed by atoms with van der Waals surface area (Å²) in [5.74, 6) is -0.254. The molecule has 1 aromatic heterocycles. The molecule has 0 saturated carbocycles. The van der Waals surface area contributed by atoms with Crippen molar-refractivity contribution in [3.63, 3.8) is 0 Å². The van der Waals surface area contributed by atoms with Crippen LogP contribution >= 0.6 is 0 Å². The van der Waals surface area contributed by atoms with E-state index in [9.17, 15) is 9.59 Å². The minimum atomic E-state index is -0.425. The Balaban J connectivity index is 1.80. The molecule has 2 amide bonds. The van der Waals surface area contributed by atoms with Gasteiger partial charge in [-0.25, -0.2) is 4.98 Å². The molecule has 0 spiro atoms. The molecule has 0 aliphatic heterocycles. The molecule has 0 bridgehead atoms. The van der Waals surface area contributed by atoms with Crippen LogP contribution in [0.1, 0.15) is 32.1 Å². The molecular weight excluding hydrogens is 354 g/mol. The Bertz CT molecular complexity index is 1010. The first-order valence-electron chi connectivity index (χ1n) is 8.78. The number of methoxy groups -OCH3 is 1. The van der Waals surface area contributed by atoms with Gasteiger partial charge in [0, 0.05) is 5.69 Å². The van der Waals surface area contributed by atoms with E-state index >= 15 is 0 Å². The highest BCUT2D eigenvalue weighted by molar-refractivity contribution is 6.06. The number of ether oxygens (including phenoxy) is 1. The second-order valence-electron chi connectivity index (χ2n) is 6.28. The van der Waals surface area contributed by atoms with Crippen LogP contribution in [0.3, 0.4) is 0 Å². The number of hydrogen-bond donors (Lipinski definition) is 2. The number of aromatic nitrogens is 1. The lowest BCUT2D eigenvalue weighted by Crippen LogP contribution is -2.19. The van der Waals surface area contributed by atoms with Gasteiger partial charge in [-0.3, -0.25) is 9.59 Å². The Labute approximate surface area is 163 Å². The molecule has 0 radical (unpaired) electrons. The van der Waals surface area contributed by atoms with Crippen LogP contribution in [-0.2, 0) is 0 Å². The first kappa shape index (κ1) is 19.1. The second kappa shape index (κ2) is 8.35. The number of hydrogen-bond acceptors (Lipinski definition) is 4. The average molecular weight is 375 g/mol. The number of benzene rings is 2. The fraction of sp³-hybridized carbons (Fsp3) is 0.136. The summed E-state index contributed by atoms with van der Waals surface area (Å²) in [5.41, 5.74) is 3.49. The monoisotopic (exact) mass is 375 g/mol. The predicted molar refractivity (Wildman–Crippen MR) is 109 cm³/mol. The van der Waals surface area contributed by atoms with Crippen LogP contribution in [0.5, 0.6) is 5.75 Å². The maximum atomic E-state index is 12.6. The normalized spacial score (nSPS) is 10.2. The summed E-state index contributed by atoms with van der Waals surface area (Å²) in [4.78, 5) is 29.4. The number of pyridine rings is 1. The van der Waals surface area contributed by atoms with Crippen LogP contribution in [0.2, 0.25) is 0 Å². The summed E-state index contributed by atoms with van der Waals surface area (Å²) in [6.45, 7) is 3.85. The van der Waals surface area contributed by atoms with Crippen LogP contribution in [0, 0.1) is 13.8 Å². The second-order valence-corrected chi connectivity index (χ2v) is 6.28. The number of aryl methyl sites for hydroxylation is 2. The SMILES string of the molecule is COc1ccccc1NC(=O)c1cccc(C(=O)Nc2c(C)cccc2C)n1. The van der Waals surface area contributed by atoms with Gasteiger partial charge in [0.2, 0.25) is 0 Å². The van der Waals surface area contributed by atoms with Crippen molar-refractivity contribution in [2.45, 2.75) is 13.8 Å². The largest absolute Gasteiger partial charge is 0.495 e. The Morgan fingerprint density at radius 1 is 0.786 bits per heavy atom. The fourth-order valence-corrected chi connectivity index (χ4v) is 2.81. The molecule has 0 fully saturated rings. The summed E-state index contributed by atoms with van der Waals surface area (Å²) in [6.07, 6.45) is 0. The van der Waals surface area contributed by atoms with E-state index in [1.807, 2.05) is 38.1 Å². The zero-order valence-corrected chi connectivity index (χ0v) is 15.9. The van der Waals surface area contributed by atoms with Crippen molar-refractivity contribution in [3.8, 4) is 5.75 Å². The summed E-state index contributed by atoms with van der Waals surface area (Å²) in [6, 6.07) is 17.6. The van der Waals surface area contributed by atoms with E-state index in [0.717, 1.165) is 16.8 Å². The standard InChI is InChI=1S/C22H21N3O3/c1-14-8-6-9-15(2)20(14)25-22(27)18-12-7-11-17(23-18)21(26)24-16-10-4-5-13-19(16)28-3/h4-13H,1-3H3,(H,24,26)(H,25,27). The minimum absolute atomic E-state index is 0.139. The molecule has 6 heteroatoms. The molecule has 28 heavy (non-hydrogen) atoms. The third kappa shape index (κ3) is 4.17. The molecule has 142 valence electrons. The van der Waals surface area contributed by atoms with Crippen molar-refractivity contribution in [3.05, 3.63) is 83.2 Å². The zero-order chi connectivity index (χ0) is 20.1. The molecule has 0 aliphatic carbocycles. The summed E-state index contributed by atoms with van der Waals surface area (Å²) in [7, 11) is 1.53. The van der Waals surface area contributed by atoms with Crippen LogP contribution in [0.25, 0.3) is 0 Å². The van der Waals surface area contributed by atoms with Crippen molar-refractivity contribution in [1.82, 2.24) is 4.98 Å². The number of carbonyl (C=O) groups excluding carboxylic acids is 2. The Morgan fingerprint density at radius 2 is 1.36 bits per heavy atom. The molecule has 0 aliphatic rings. The van der Waals surface area contributed by atoms with Gasteiger partial charge in [0.05, 0.1) is 12.8 Å². The number of nitrogens with one attached hydrogen (secondary N) is 2. The summed E-state index contributed by atoms with van der Waals surface area (Å²) < 4.78 is 5.23. The van der Waals surface area contributed by atoms with Gasteiger partial charge in [0.1, 0.15) is 17.1 Å². The van der Waals surface area contributed by atoms with Gasteiger partial charge in [0.25, 0.3) is 11.8 Å². The van der Waals surface area contributed by atoms with E-state index in [1.54, 1.807) is 36.4 Å². The van der Waals surface area contributed by atoms with E-state index < -0.39 is 5.91 Å². The molecule has 6 nitrogen and oxygen atoms in total. The number of carbonyl (C=O) groups is 2. The van der Waals surface area contributed by atoms with Gasteiger partial charge in [-0.2, -0.15) is 0 Å². The third-order valence-electron chi connectivity index (χ3n) is 4.29. The lowest BCUT2D eigenvalue weighted by Gasteiger charge is -2.12. The molecule has 3 rings (SSSR count). The number of rotatable bonds is 5. The Hall–Kier alpha value is -3.67. The van der Waals surface area contributed by atoms with Crippen molar-refractivity contribution >= 4 is 23.2 Å². The van der Waals surface area contributed by atoms with Gasteiger partial charge in [-0.1, -0.05) is 36.4 Å². The number of amides is 2. The molecule has 0 saturated heterocycles. The molecule has 2 aromatic carbocycles. The van der Waals surface area contributed by atoms with Gasteiger partial charge < -0.3 is 15.4 Å². The lowest BCUT2D eigenvalue weighted by molar-refractivity contribution is 0.101. The first-order valence-corrected chi connectivity index (χ1v) is 8.78. The van der Waals surface area contributed by atoms with Crippen molar-refractivity contribution in [1.29, 1.82) is 0 Å². The van der Waals surface area contributed by atoms with E-state index in [-0.39, 0.29) is 17.3 Å². The minimum Gasteiger partial charge on any atom is -0.495 e. The molecule has 0 atom stereocenters. The van der Waals surface area contributed by atoms with Gasteiger partial charge in [-0.05, 0) is 49.2 Å². The smallest absolute Gasteiger partial charge is 0.274 e. The number of nitrogens with zero attached hydrogens (tertiary/aromatic N) is 1. The molecule has 0 unspecified atom stereocenters. The van der Waals surface area contributed by atoms with Crippen LogP contribution in [-0.4, -0.2) is 23.9 Å². The Kier molecular flexibility index (Phi) is 5.69. The fourth-order valence-electron chi connectivity index (χ4n) is 2.81. The van der Waals surface area contributed by atoms with Crippen molar-refractivity contribution in [2.24, 2.45) is 0 Å². The van der Waals surface area contributed by atoms with Gasteiger partial charge >= 0.3 is 0 Å². The Morgan fingerprint density at radius 3 is 2.00 bits per heavy atom. The third-order valence-corrected chi connectivity index (χ3v) is 4.29. The number of para-hydroxylation sites is 3. The molecule has 1 heterocycles. The van der Waals surface area contributed by atoms with Gasteiger partial charge in [0.15, 0.2) is 0 Å². The highest BCUT2D eigenvalue weighted by Gasteiger charge is 2.15. The lowest BCUT2D eigenvalue weighted by atomic mass is 10.1. The quantitative estimate of drug-likeness (QED) is 0.700. The van der Waals surface area contributed by atoms with Gasteiger partial charge in [-0.15, -0.1) is 0 Å². The predicted octanol–water partition coefficient (Wildman–Crippen LogP) is 4.21. The first-order chi connectivity index (χ1) is 13.5. The van der Waals surface area contributed by atoms with E-state index in [2.05, 4.69) is 15.6 Å². The zero-order valence-electron chi connectivity index (χ0n) is 15.9. The number of anilines is 2. The molecular formula is C22H21N3O3. The van der Waals surface area contributed by atoms with Crippen LogP contribution in [0.15, 0.2) is 60.7 Å². The highest BCUT2D eigenvalue weighted by atomic mass is 16.5. The van der Waals surface area contributed by atoms with E-state index in [1.165, 1.54) is 7.11 Å². The summed E-state index contributed by atoms with van der Waals surface area (Å²) >= 11 is 0. The maximum Gasteiger partial charge on any atom is 0.274 e. The van der Waals surface area contributed by atoms with E-state index in [0.29, 0.717) is 11.4 Å². The highest BCUT2D eigenvalue weighted by Crippen LogP contribution is 2.24. The molecule has 3 aromatic rings. The van der Waals surface area contributed by atoms with Crippen LogP contribution in [0.4, 0.5) is 11.4 Å².